The molecule has 16 heavy (non-hydrogen) atoms. The molecule has 0 saturated heterocycles. The maximum absolute atomic E-state index is 11.9. The minimum absolute atomic E-state index is 0.216. The van der Waals surface area contributed by atoms with Gasteiger partial charge in [-0.25, -0.2) is 4.79 Å². The average Bonchev–Trinajstić information content (AvgIpc) is 2.54. The smallest absolute Gasteiger partial charge is 0.340 e. The molecule has 0 bridgehead atoms. The molecule has 4 nitrogen and oxygen atoms in total. The highest BCUT2D eigenvalue weighted by molar-refractivity contribution is 6.15. The Bertz CT molecular complexity index is 346. The van der Waals surface area contributed by atoms with E-state index in [1.807, 2.05) is 13.0 Å². The lowest BCUT2D eigenvalue weighted by molar-refractivity contribution is -0.157. The van der Waals surface area contributed by atoms with E-state index in [2.05, 4.69) is 0 Å². The second kappa shape index (κ2) is 4.96. The fraction of sp³-hybridized carbons (Fsp3) is 0.500. The van der Waals surface area contributed by atoms with Crippen LogP contribution in [0.25, 0.3) is 0 Å². The summed E-state index contributed by atoms with van der Waals surface area (Å²) >= 11 is 0. The van der Waals surface area contributed by atoms with Crippen molar-refractivity contribution in [2.75, 3.05) is 13.7 Å². The molecule has 0 N–H and O–H groups in total. The number of nitrogens with zero attached hydrogens (tertiary/aromatic N) is 1. The van der Waals surface area contributed by atoms with Crippen molar-refractivity contribution in [1.29, 1.82) is 0 Å². The summed E-state index contributed by atoms with van der Waals surface area (Å²) < 4.78 is 4.99. The van der Waals surface area contributed by atoms with Crippen molar-refractivity contribution in [2.45, 2.75) is 25.8 Å². The molecule has 4 heteroatoms. The summed E-state index contributed by atoms with van der Waals surface area (Å²) in [7, 11) is 1.71. The Morgan fingerprint density at radius 1 is 1.62 bits per heavy atom. The Morgan fingerprint density at radius 3 is 2.75 bits per heavy atom. The van der Waals surface area contributed by atoms with Gasteiger partial charge in [0.05, 0.1) is 6.61 Å². The molecule has 0 aromatic heterocycles. The quantitative estimate of drug-likeness (QED) is 0.409. The van der Waals surface area contributed by atoms with Gasteiger partial charge in [0.1, 0.15) is 0 Å². The number of allylic oxidation sites excluding steroid dienone is 1. The number of rotatable bonds is 4. The fourth-order valence-corrected chi connectivity index (χ4v) is 1.73. The van der Waals surface area contributed by atoms with E-state index in [0.29, 0.717) is 6.42 Å². The van der Waals surface area contributed by atoms with Crippen molar-refractivity contribution in [2.24, 2.45) is 0 Å². The van der Waals surface area contributed by atoms with Crippen LogP contribution in [0.4, 0.5) is 0 Å². The van der Waals surface area contributed by atoms with E-state index in [0.717, 1.165) is 0 Å². The predicted octanol–water partition coefficient (Wildman–Crippen LogP) is 1.28. The van der Waals surface area contributed by atoms with Crippen LogP contribution in [0.2, 0.25) is 0 Å². The van der Waals surface area contributed by atoms with Gasteiger partial charge < -0.3 is 9.64 Å². The topological polar surface area (TPSA) is 46.6 Å². The van der Waals surface area contributed by atoms with Crippen LogP contribution in [0.15, 0.2) is 24.4 Å². The first-order valence-electron chi connectivity index (χ1n) is 5.33. The number of ketones is 1. The van der Waals surface area contributed by atoms with Gasteiger partial charge in [0, 0.05) is 25.7 Å². The van der Waals surface area contributed by atoms with Crippen LogP contribution in [0.5, 0.6) is 0 Å². The van der Waals surface area contributed by atoms with Crippen LogP contribution in [0.1, 0.15) is 20.3 Å². The van der Waals surface area contributed by atoms with E-state index in [9.17, 15) is 9.59 Å². The van der Waals surface area contributed by atoms with Crippen LogP contribution in [-0.4, -0.2) is 35.8 Å². The molecule has 0 aliphatic carbocycles. The van der Waals surface area contributed by atoms with Crippen molar-refractivity contribution in [1.82, 2.24) is 4.90 Å². The third-order valence-electron chi connectivity index (χ3n) is 2.72. The molecule has 0 saturated carbocycles. The summed E-state index contributed by atoms with van der Waals surface area (Å²) in [5.41, 5.74) is -1.19. The first kappa shape index (κ1) is 12.5. The Kier molecular flexibility index (Phi) is 3.88. The number of hydrogen-bond donors (Lipinski definition) is 0. The number of carbonyl (C=O) groups is 2. The molecular formula is C12H17NO3. The molecule has 0 aromatic carbocycles. The van der Waals surface area contributed by atoms with E-state index in [-0.39, 0.29) is 12.4 Å². The largest absolute Gasteiger partial charge is 0.464 e. The fourth-order valence-electron chi connectivity index (χ4n) is 1.73. The minimum Gasteiger partial charge on any atom is -0.464 e. The lowest BCUT2D eigenvalue weighted by Gasteiger charge is -2.32. The van der Waals surface area contributed by atoms with Gasteiger partial charge in [-0.3, -0.25) is 4.79 Å². The summed E-state index contributed by atoms with van der Waals surface area (Å²) in [6.45, 7) is 3.86. The minimum atomic E-state index is -1.19. The standard InChI is InChI=1S/C12H17NO3/c1-4-6-8-12(11(15)16-5-2)10(14)7-9-13(12)3/h4,6-7,9H,5,8H2,1-3H3/b6-4+. The van der Waals surface area contributed by atoms with E-state index in [4.69, 9.17) is 4.74 Å². The summed E-state index contributed by atoms with van der Waals surface area (Å²) in [6.07, 6.45) is 6.99. The van der Waals surface area contributed by atoms with Crippen molar-refractivity contribution in [3.05, 3.63) is 24.4 Å². The van der Waals surface area contributed by atoms with Crippen LogP contribution in [0, 0.1) is 0 Å². The van der Waals surface area contributed by atoms with E-state index >= 15 is 0 Å². The van der Waals surface area contributed by atoms with Crippen LogP contribution >= 0.6 is 0 Å². The Morgan fingerprint density at radius 2 is 2.31 bits per heavy atom. The summed E-state index contributed by atoms with van der Waals surface area (Å²) in [4.78, 5) is 25.4. The molecule has 1 unspecified atom stereocenters. The van der Waals surface area contributed by atoms with Gasteiger partial charge >= 0.3 is 5.97 Å². The van der Waals surface area contributed by atoms with Crippen molar-refractivity contribution in [3.8, 4) is 0 Å². The van der Waals surface area contributed by atoms with Gasteiger partial charge in [0.25, 0.3) is 0 Å². The zero-order valence-corrected chi connectivity index (χ0v) is 9.90. The molecule has 0 amide bonds. The van der Waals surface area contributed by atoms with Crippen LogP contribution < -0.4 is 0 Å². The molecule has 0 aromatic rings. The molecule has 1 aliphatic rings. The lowest BCUT2D eigenvalue weighted by atomic mass is 9.90. The SMILES string of the molecule is C/C=C/CC1(C(=O)OCC)C(=O)C=CN1C. The van der Waals surface area contributed by atoms with Crippen molar-refractivity contribution >= 4 is 11.8 Å². The molecule has 1 atom stereocenters. The normalized spacial score (nSPS) is 24.4. The zero-order valence-electron chi connectivity index (χ0n) is 9.90. The highest BCUT2D eigenvalue weighted by Gasteiger charge is 2.50. The molecule has 1 heterocycles. The molecule has 0 spiro atoms. The Hall–Kier alpha value is -1.58. The molecular weight excluding hydrogens is 206 g/mol. The first-order chi connectivity index (χ1) is 7.59. The van der Waals surface area contributed by atoms with Crippen molar-refractivity contribution < 1.29 is 14.3 Å². The second-order valence-electron chi connectivity index (χ2n) is 3.64. The third kappa shape index (κ3) is 1.87. The van der Waals surface area contributed by atoms with Gasteiger partial charge in [0.2, 0.25) is 5.54 Å². The average molecular weight is 223 g/mol. The maximum Gasteiger partial charge on any atom is 0.340 e. The molecule has 1 rings (SSSR count). The van der Waals surface area contributed by atoms with E-state index in [1.54, 1.807) is 31.1 Å². The monoisotopic (exact) mass is 223 g/mol. The number of ether oxygens (including phenoxy) is 1. The van der Waals surface area contributed by atoms with Gasteiger partial charge in [0.15, 0.2) is 5.78 Å². The van der Waals surface area contributed by atoms with Crippen LogP contribution in [-0.2, 0) is 14.3 Å². The number of likely N-dealkylation sites (N-methyl/N-ethyl adjacent to an activating group) is 1. The van der Waals surface area contributed by atoms with Crippen LogP contribution in [0.3, 0.4) is 0 Å². The lowest BCUT2D eigenvalue weighted by Crippen LogP contribution is -2.53. The second-order valence-corrected chi connectivity index (χ2v) is 3.64. The summed E-state index contributed by atoms with van der Waals surface area (Å²) in [6, 6.07) is 0. The Labute approximate surface area is 95.6 Å². The maximum atomic E-state index is 11.9. The van der Waals surface area contributed by atoms with Gasteiger partial charge in [-0.15, -0.1) is 0 Å². The third-order valence-corrected chi connectivity index (χ3v) is 2.72. The van der Waals surface area contributed by atoms with E-state index in [1.165, 1.54) is 6.08 Å². The van der Waals surface area contributed by atoms with E-state index < -0.39 is 11.5 Å². The number of hydrogen-bond acceptors (Lipinski definition) is 4. The molecule has 1 aliphatic heterocycles. The number of carbonyl (C=O) groups excluding carboxylic acids is 2. The van der Waals surface area contributed by atoms with Gasteiger partial charge in [-0.05, 0) is 13.8 Å². The highest BCUT2D eigenvalue weighted by atomic mass is 16.5. The Balaban J connectivity index is 3.02. The highest BCUT2D eigenvalue weighted by Crippen LogP contribution is 2.28. The predicted molar refractivity (Wildman–Crippen MR) is 60.7 cm³/mol. The summed E-state index contributed by atoms with van der Waals surface area (Å²) in [5, 5.41) is 0. The molecule has 0 fully saturated rings. The zero-order chi connectivity index (χ0) is 12.2. The van der Waals surface area contributed by atoms with Gasteiger partial charge in [-0.2, -0.15) is 0 Å². The van der Waals surface area contributed by atoms with Crippen molar-refractivity contribution in [3.63, 3.8) is 0 Å². The van der Waals surface area contributed by atoms with Gasteiger partial charge in [-0.1, -0.05) is 12.2 Å². The molecule has 88 valence electrons. The first-order valence-corrected chi connectivity index (χ1v) is 5.33. The molecule has 0 radical (unpaired) electrons. The summed E-state index contributed by atoms with van der Waals surface area (Å²) in [5.74, 6) is -0.697. The number of esters is 1.